The summed E-state index contributed by atoms with van der Waals surface area (Å²) in [4.78, 5) is 11.0. The van der Waals surface area contributed by atoms with E-state index in [0.717, 1.165) is 25.7 Å². The van der Waals surface area contributed by atoms with Gasteiger partial charge in [0.2, 0.25) is 0 Å². The Balaban J connectivity index is 3.04. The molecule has 0 saturated carbocycles. The number of carbonyl (C=O) groups is 1. The molecule has 0 spiro atoms. The van der Waals surface area contributed by atoms with Crippen molar-refractivity contribution in [2.24, 2.45) is 0 Å². The first-order valence-electron chi connectivity index (χ1n) is 10.5. The summed E-state index contributed by atoms with van der Waals surface area (Å²) in [5, 5.41) is 8.60. The predicted octanol–water partition coefficient (Wildman–Crippen LogP) is 6.12. The summed E-state index contributed by atoms with van der Waals surface area (Å²) >= 11 is 0. The number of methoxy groups -OCH3 is 1. The summed E-state index contributed by atoms with van der Waals surface area (Å²) in [6.45, 7) is -0.324. The molecule has 0 bridgehead atoms. The van der Waals surface area contributed by atoms with Crippen LogP contribution in [0.5, 0.6) is 0 Å². The number of hydrogen-bond acceptors (Lipinski definition) is 3. The fraction of sp³-hybridized carbons (Fsp3) is 0.952. The summed E-state index contributed by atoms with van der Waals surface area (Å²) in [5.41, 5.74) is 0. The second kappa shape index (κ2) is 19.7. The van der Waals surface area contributed by atoms with E-state index in [0.29, 0.717) is 12.8 Å². The van der Waals surface area contributed by atoms with Crippen LogP contribution in [-0.4, -0.2) is 31.0 Å². The molecule has 0 amide bonds. The number of carbonyl (C=O) groups excluding carboxylic acids is 1. The molecule has 0 aliphatic rings. The van der Waals surface area contributed by atoms with Gasteiger partial charge >= 0.3 is 5.97 Å². The molecule has 0 heterocycles. The smallest absolute Gasteiger partial charge is 0.305 e. The highest BCUT2D eigenvalue weighted by Crippen LogP contribution is 2.14. The zero-order valence-corrected chi connectivity index (χ0v) is 16.4. The van der Waals surface area contributed by atoms with Gasteiger partial charge in [-0.15, -0.1) is 0 Å². The maximum atomic E-state index is 12.8. The Morgan fingerprint density at radius 1 is 0.760 bits per heavy atom. The number of unbranched alkanes of at least 4 members (excludes halogenated alkanes) is 14. The van der Waals surface area contributed by atoms with Gasteiger partial charge in [-0.3, -0.25) is 4.79 Å². The number of rotatable bonds is 19. The average molecular weight is 361 g/mol. The molecule has 150 valence electrons. The standard InChI is InChI=1S/C21H41FO3/c1-25-21(24)18-16-14-12-10-8-6-4-2-3-5-7-9-11-13-15-17-20(22)19-23/h20,23H,2-19H2,1H3. The molecule has 0 radical (unpaired) electrons. The van der Waals surface area contributed by atoms with E-state index in [1.165, 1.54) is 77.7 Å². The zero-order valence-electron chi connectivity index (χ0n) is 16.4. The molecule has 0 aliphatic carbocycles. The molecule has 0 aromatic carbocycles. The van der Waals surface area contributed by atoms with Crippen LogP contribution in [0.25, 0.3) is 0 Å². The van der Waals surface area contributed by atoms with Crippen molar-refractivity contribution < 1.29 is 19.0 Å². The topological polar surface area (TPSA) is 46.5 Å². The lowest BCUT2D eigenvalue weighted by atomic mass is 10.0. The second-order valence-electron chi connectivity index (χ2n) is 7.20. The minimum atomic E-state index is -1.01. The van der Waals surface area contributed by atoms with Gasteiger partial charge in [0.1, 0.15) is 6.17 Å². The van der Waals surface area contributed by atoms with Gasteiger partial charge in [-0.25, -0.2) is 4.39 Å². The molecule has 1 unspecified atom stereocenters. The molecule has 1 N–H and O–H groups in total. The normalized spacial score (nSPS) is 12.3. The quantitative estimate of drug-likeness (QED) is 0.223. The molecule has 0 aromatic rings. The van der Waals surface area contributed by atoms with E-state index in [1.807, 2.05) is 0 Å². The first-order chi connectivity index (χ1) is 12.2. The van der Waals surface area contributed by atoms with Crippen molar-refractivity contribution in [3.8, 4) is 0 Å². The van der Waals surface area contributed by atoms with Gasteiger partial charge in [0.25, 0.3) is 0 Å². The summed E-state index contributed by atoms with van der Waals surface area (Å²) in [6.07, 6.45) is 18.5. The Labute approximate surface area is 154 Å². The van der Waals surface area contributed by atoms with Gasteiger partial charge < -0.3 is 9.84 Å². The van der Waals surface area contributed by atoms with Crippen LogP contribution >= 0.6 is 0 Å². The van der Waals surface area contributed by atoms with Crippen molar-refractivity contribution >= 4 is 5.97 Å². The molecule has 0 saturated heterocycles. The van der Waals surface area contributed by atoms with Crippen molar-refractivity contribution in [1.29, 1.82) is 0 Å². The minimum Gasteiger partial charge on any atom is -0.469 e. The van der Waals surface area contributed by atoms with E-state index in [2.05, 4.69) is 4.74 Å². The zero-order chi connectivity index (χ0) is 18.6. The Bertz CT molecular complexity index is 284. The fourth-order valence-electron chi connectivity index (χ4n) is 3.13. The van der Waals surface area contributed by atoms with Crippen LogP contribution in [-0.2, 0) is 9.53 Å². The maximum Gasteiger partial charge on any atom is 0.305 e. The summed E-state index contributed by atoms with van der Waals surface area (Å²) in [7, 11) is 1.45. The molecule has 0 aromatic heterocycles. The Morgan fingerprint density at radius 2 is 1.12 bits per heavy atom. The minimum absolute atomic E-state index is 0.0879. The van der Waals surface area contributed by atoms with Crippen LogP contribution in [0.3, 0.4) is 0 Å². The fourth-order valence-corrected chi connectivity index (χ4v) is 3.13. The third-order valence-electron chi connectivity index (χ3n) is 4.82. The number of aliphatic hydroxyl groups excluding tert-OH is 1. The molecule has 25 heavy (non-hydrogen) atoms. The van der Waals surface area contributed by atoms with Gasteiger partial charge in [-0.05, 0) is 12.8 Å². The van der Waals surface area contributed by atoms with Gasteiger partial charge in [0, 0.05) is 6.42 Å². The maximum absolute atomic E-state index is 12.8. The predicted molar refractivity (Wildman–Crippen MR) is 102 cm³/mol. The molecule has 4 heteroatoms. The number of alkyl halides is 1. The molecule has 0 fully saturated rings. The van der Waals surface area contributed by atoms with Crippen molar-refractivity contribution in [1.82, 2.24) is 0 Å². The van der Waals surface area contributed by atoms with Crippen LogP contribution in [0.1, 0.15) is 109 Å². The first-order valence-corrected chi connectivity index (χ1v) is 10.5. The van der Waals surface area contributed by atoms with E-state index in [-0.39, 0.29) is 12.6 Å². The first kappa shape index (κ1) is 24.4. The highest BCUT2D eigenvalue weighted by atomic mass is 19.1. The van der Waals surface area contributed by atoms with Crippen molar-refractivity contribution in [2.45, 2.75) is 115 Å². The highest BCUT2D eigenvalue weighted by Gasteiger charge is 2.03. The molecule has 1 atom stereocenters. The Morgan fingerprint density at radius 3 is 1.48 bits per heavy atom. The lowest BCUT2D eigenvalue weighted by Crippen LogP contribution is -2.04. The van der Waals surface area contributed by atoms with Crippen molar-refractivity contribution in [2.75, 3.05) is 13.7 Å². The second-order valence-corrected chi connectivity index (χ2v) is 7.20. The molecule has 3 nitrogen and oxygen atoms in total. The number of esters is 1. The Kier molecular flexibility index (Phi) is 19.2. The van der Waals surface area contributed by atoms with Crippen LogP contribution in [0.15, 0.2) is 0 Å². The van der Waals surface area contributed by atoms with E-state index in [1.54, 1.807) is 0 Å². The third-order valence-corrected chi connectivity index (χ3v) is 4.82. The van der Waals surface area contributed by atoms with Crippen LogP contribution in [0.2, 0.25) is 0 Å². The summed E-state index contributed by atoms with van der Waals surface area (Å²) in [5.74, 6) is -0.0879. The van der Waals surface area contributed by atoms with Crippen LogP contribution in [0, 0.1) is 0 Å². The summed E-state index contributed by atoms with van der Waals surface area (Å²) < 4.78 is 17.4. The van der Waals surface area contributed by atoms with Crippen LogP contribution in [0.4, 0.5) is 4.39 Å². The van der Waals surface area contributed by atoms with Gasteiger partial charge in [-0.2, -0.15) is 0 Å². The lowest BCUT2D eigenvalue weighted by Gasteiger charge is -2.05. The van der Waals surface area contributed by atoms with E-state index < -0.39 is 6.17 Å². The largest absolute Gasteiger partial charge is 0.469 e. The van der Waals surface area contributed by atoms with E-state index >= 15 is 0 Å². The van der Waals surface area contributed by atoms with Crippen molar-refractivity contribution in [3.63, 3.8) is 0 Å². The number of ether oxygens (including phenoxy) is 1. The molecule has 0 aliphatic heterocycles. The number of halogens is 1. The monoisotopic (exact) mass is 360 g/mol. The average Bonchev–Trinajstić information content (AvgIpc) is 2.63. The SMILES string of the molecule is COC(=O)CCCCCCCCCCCCCCCCCC(F)CO. The van der Waals surface area contributed by atoms with Gasteiger partial charge in [-0.1, -0.05) is 89.9 Å². The van der Waals surface area contributed by atoms with Gasteiger partial charge in [0.05, 0.1) is 13.7 Å². The lowest BCUT2D eigenvalue weighted by molar-refractivity contribution is -0.140. The molecule has 0 rings (SSSR count). The third kappa shape index (κ3) is 19.5. The highest BCUT2D eigenvalue weighted by molar-refractivity contribution is 5.68. The van der Waals surface area contributed by atoms with Gasteiger partial charge in [0.15, 0.2) is 0 Å². The van der Waals surface area contributed by atoms with E-state index in [4.69, 9.17) is 5.11 Å². The van der Waals surface area contributed by atoms with Crippen LogP contribution < -0.4 is 0 Å². The van der Waals surface area contributed by atoms with Crippen molar-refractivity contribution in [3.05, 3.63) is 0 Å². The Hall–Kier alpha value is -0.640. The van der Waals surface area contributed by atoms with E-state index in [9.17, 15) is 9.18 Å². The summed E-state index contributed by atoms with van der Waals surface area (Å²) in [6, 6.07) is 0. The molecular weight excluding hydrogens is 319 g/mol. The molecular formula is C21H41FO3. The number of hydrogen-bond donors (Lipinski definition) is 1. The number of aliphatic hydroxyl groups is 1.